The molecule has 3 nitrogen and oxygen atoms in total. The molecule has 0 aliphatic heterocycles. The first-order valence-corrected chi connectivity index (χ1v) is 6.43. The van der Waals surface area contributed by atoms with Gasteiger partial charge in [-0.15, -0.1) is 0 Å². The van der Waals surface area contributed by atoms with Gasteiger partial charge in [0, 0.05) is 0 Å². The molecule has 0 aliphatic rings. The average molecular weight is 262 g/mol. The van der Waals surface area contributed by atoms with Crippen LogP contribution in [0.1, 0.15) is 38.8 Å². The highest BCUT2D eigenvalue weighted by molar-refractivity contribution is 5.97. The third kappa shape index (κ3) is 4.19. The summed E-state index contributed by atoms with van der Waals surface area (Å²) in [5.74, 6) is -1.33. The van der Waals surface area contributed by atoms with Crippen molar-refractivity contribution in [1.29, 1.82) is 0 Å². The molecule has 1 atom stereocenters. The predicted octanol–water partition coefficient (Wildman–Crippen LogP) is 2.90. The lowest BCUT2D eigenvalue weighted by Gasteiger charge is -2.19. The second-order valence-electron chi connectivity index (χ2n) is 5.84. The molecule has 0 heterocycles. The van der Waals surface area contributed by atoms with Crippen LogP contribution in [0.25, 0.3) is 0 Å². The summed E-state index contributed by atoms with van der Waals surface area (Å²) in [7, 11) is 1.31. The Kier molecular flexibility index (Phi) is 4.87. The lowest BCUT2D eigenvalue weighted by molar-refractivity contribution is -0.148. The number of ether oxygens (including phenoxy) is 1. The highest BCUT2D eigenvalue weighted by atomic mass is 16.5. The number of hydrogen-bond acceptors (Lipinski definition) is 3. The first kappa shape index (κ1) is 15.4. The van der Waals surface area contributed by atoms with Crippen LogP contribution in [0.2, 0.25) is 0 Å². The number of hydrogen-bond donors (Lipinski definition) is 0. The monoisotopic (exact) mass is 262 g/mol. The molecule has 1 unspecified atom stereocenters. The van der Waals surface area contributed by atoms with E-state index >= 15 is 0 Å². The molecule has 3 heteroatoms. The van der Waals surface area contributed by atoms with Crippen LogP contribution < -0.4 is 0 Å². The predicted molar refractivity (Wildman–Crippen MR) is 75.0 cm³/mol. The zero-order valence-electron chi connectivity index (χ0n) is 12.3. The fourth-order valence-electron chi connectivity index (χ4n) is 1.91. The Morgan fingerprint density at radius 3 is 2.05 bits per heavy atom. The van der Waals surface area contributed by atoms with Crippen LogP contribution >= 0.6 is 0 Å². The van der Waals surface area contributed by atoms with Gasteiger partial charge in [-0.3, -0.25) is 9.59 Å². The van der Waals surface area contributed by atoms with Crippen molar-refractivity contribution < 1.29 is 14.3 Å². The SMILES string of the molecule is COC(=O)C(Cc1ccc(C(C)(C)C)cc1)C(C)=O. The summed E-state index contributed by atoms with van der Waals surface area (Å²) in [6, 6.07) is 8.03. The molecule has 19 heavy (non-hydrogen) atoms. The Bertz CT molecular complexity index is 452. The quantitative estimate of drug-likeness (QED) is 0.619. The molecule has 0 amide bonds. The molecule has 1 aromatic rings. The van der Waals surface area contributed by atoms with Crippen molar-refractivity contribution in [2.24, 2.45) is 5.92 Å². The molecule has 0 fully saturated rings. The van der Waals surface area contributed by atoms with E-state index in [1.165, 1.54) is 19.6 Å². The fourth-order valence-corrected chi connectivity index (χ4v) is 1.91. The molecule has 0 bridgehead atoms. The van der Waals surface area contributed by atoms with E-state index in [9.17, 15) is 9.59 Å². The van der Waals surface area contributed by atoms with Crippen LogP contribution in [-0.4, -0.2) is 18.9 Å². The summed E-state index contributed by atoms with van der Waals surface area (Å²) in [5, 5.41) is 0. The van der Waals surface area contributed by atoms with E-state index in [-0.39, 0.29) is 11.2 Å². The highest BCUT2D eigenvalue weighted by Crippen LogP contribution is 2.23. The summed E-state index contributed by atoms with van der Waals surface area (Å²) in [6.07, 6.45) is 0.395. The lowest BCUT2D eigenvalue weighted by Crippen LogP contribution is -2.25. The van der Waals surface area contributed by atoms with Crippen molar-refractivity contribution in [3.8, 4) is 0 Å². The third-order valence-electron chi connectivity index (χ3n) is 3.24. The first-order valence-electron chi connectivity index (χ1n) is 6.43. The van der Waals surface area contributed by atoms with E-state index in [2.05, 4.69) is 25.5 Å². The topological polar surface area (TPSA) is 43.4 Å². The van der Waals surface area contributed by atoms with E-state index in [1.54, 1.807) is 0 Å². The zero-order chi connectivity index (χ0) is 14.6. The molecular formula is C16H22O3. The Hall–Kier alpha value is -1.64. The van der Waals surface area contributed by atoms with E-state index in [0.717, 1.165) is 5.56 Å². The van der Waals surface area contributed by atoms with Gasteiger partial charge in [0.1, 0.15) is 11.7 Å². The van der Waals surface area contributed by atoms with Crippen LogP contribution in [0, 0.1) is 5.92 Å². The van der Waals surface area contributed by atoms with E-state index in [1.807, 2.05) is 24.3 Å². The highest BCUT2D eigenvalue weighted by Gasteiger charge is 2.24. The molecule has 1 rings (SSSR count). The standard InChI is InChI=1S/C16H22O3/c1-11(17)14(15(18)19-5)10-12-6-8-13(9-7-12)16(2,3)4/h6-9,14H,10H2,1-5H3. The van der Waals surface area contributed by atoms with Crippen molar-refractivity contribution in [3.05, 3.63) is 35.4 Å². The van der Waals surface area contributed by atoms with Crippen molar-refractivity contribution in [3.63, 3.8) is 0 Å². The van der Waals surface area contributed by atoms with Crippen molar-refractivity contribution in [2.45, 2.75) is 39.5 Å². The van der Waals surface area contributed by atoms with Gasteiger partial charge >= 0.3 is 5.97 Å². The molecular weight excluding hydrogens is 240 g/mol. The molecule has 0 N–H and O–H groups in total. The molecule has 0 aromatic heterocycles. The molecule has 0 aliphatic carbocycles. The number of Topliss-reactive ketones (excluding diaryl/α,β-unsaturated/α-hetero) is 1. The summed E-state index contributed by atoms with van der Waals surface area (Å²) < 4.78 is 4.66. The van der Waals surface area contributed by atoms with E-state index in [4.69, 9.17) is 0 Å². The van der Waals surface area contributed by atoms with Gasteiger partial charge in [-0.25, -0.2) is 0 Å². The molecule has 0 radical (unpaired) electrons. The van der Waals surface area contributed by atoms with Gasteiger partial charge in [-0.05, 0) is 29.9 Å². The maximum atomic E-state index is 11.5. The van der Waals surface area contributed by atoms with Crippen LogP contribution in [0.3, 0.4) is 0 Å². The van der Waals surface area contributed by atoms with Crippen LogP contribution in [0.4, 0.5) is 0 Å². The number of esters is 1. The van der Waals surface area contributed by atoms with E-state index < -0.39 is 11.9 Å². The Balaban J connectivity index is 2.87. The Labute approximate surface area is 115 Å². The van der Waals surface area contributed by atoms with Gasteiger partial charge in [0.05, 0.1) is 7.11 Å². The minimum Gasteiger partial charge on any atom is -0.468 e. The minimum atomic E-state index is -0.703. The number of carbonyl (C=O) groups excluding carboxylic acids is 2. The molecule has 104 valence electrons. The van der Waals surface area contributed by atoms with Gasteiger partial charge in [0.2, 0.25) is 0 Å². The van der Waals surface area contributed by atoms with Gasteiger partial charge in [-0.2, -0.15) is 0 Å². The largest absolute Gasteiger partial charge is 0.468 e. The number of benzene rings is 1. The summed E-state index contributed by atoms with van der Waals surface area (Å²) in [4.78, 5) is 23.0. The smallest absolute Gasteiger partial charge is 0.316 e. The normalized spacial score (nSPS) is 12.9. The van der Waals surface area contributed by atoms with E-state index in [0.29, 0.717) is 6.42 Å². The third-order valence-corrected chi connectivity index (χ3v) is 3.24. The van der Waals surface area contributed by atoms with Gasteiger partial charge in [0.25, 0.3) is 0 Å². The minimum absolute atomic E-state index is 0.0981. The molecule has 0 saturated carbocycles. The first-order chi connectivity index (χ1) is 8.75. The number of methoxy groups -OCH3 is 1. The maximum Gasteiger partial charge on any atom is 0.316 e. The van der Waals surface area contributed by atoms with Crippen molar-refractivity contribution in [1.82, 2.24) is 0 Å². The number of rotatable bonds is 4. The van der Waals surface area contributed by atoms with Crippen LogP contribution in [0.15, 0.2) is 24.3 Å². The molecule has 0 saturated heterocycles. The van der Waals surface area contributed by atoms with Gasteiger partial charge in [0.15, 0.2) is 0 Å². The fraction of sp³-hybridized carbons (Fsp3) is 0.500. The second kappa shape index (κ2) is 6.00. The van der Waals surface area contributed by atoms with Crippen LogP contribution in [0.5, 0.6) is 0 Å². The van der Waals surface area contributed by atoms with Crippen molar-refractivity contribution >= 4 is 11.8 Å². The summed E-state index contributed by atoms with van der Waals surface area (Å²) in [6.45, 7) is 7.86. The lowest BCUT2D eigenvalue weighted by atomic mass is 9.86. The van der Waals surface area contributed by atoms with Crippen molar-refractivity contribution in [2.75, 3.05) is 7.11 Å². The number of carbonyl (C=O) groups is 2. The summed E-state index contributed by atoms with van der Waals surface area (Å²) >= 11 is 0. The second-order valence-corrected chi connectivity index (χ2v) is 5.84. The number of ketones is 1. The average Bonchev–Trinajstić information content (AvgIpc) is 2.34. The summed E-state index contributed by atoms with van der Waals surface area (Å²) in [5.41, 5.74) is 2.30. The molecule has 1 aromatic carbocycles. The van der Waals surface area contributed by atoms with Gasteiger partial charge in [-0.1, -0.05) is 45.0 Å². The zero-order valence-corrected chi connectivity index (χ0v) is 12.3. The Morgan fingerprint density at radius 1 is 1.16 bits per heavy atom. The van der Waals surface area contributed by atoms with Crippen LogP contribution in [-0.2, 0) is 26.2 Å². The van der Waals surface area contributed by atoms with Gasteiger partial charge < -0.3 is 4.74 Å². The molecule has 0 spiro atoms. The Morgan fingerprint density at radius 2 is 1.68 bits per heavy atom. The maximum absolute atomic E-state index is 11.5.